The first-order valence-corrected chi connectivity index (χ1v) is 5.42. The fourth-order valence-corrected chi connectivity index (χ4v) is 1.78. The summed E-state index contributed by atoms with van der Waals surface area (Å²) in [6.07, 6.45) is 0.767. The van der Waals surface area contributed by atoms with Crippen LogP contribution in [0.4, 0.5) is 0 Å². The predicted molar refractivity (Wildman–Crippen MR) is 61.1 cm³/mol. The second-order valence-electron chi connectivity index (χ2n) is 4.52. The van der Waals surface area contributed by atoms with Crippen molar-refractivity contribution in [1.82, 2.24) is 5.32 Å². The molecule has 1 aliphatic rings. The Morgan fingerprint density at radius 2 is 2.18 bits per heavy atom. The van der Waals surface area contributed by atoms with Gasteiger partial charge in [0.2, 0.25) is 0 Å². The average molecular weight is 237 g/mol. The Bertz CT molecular complexity index is 438. The molecule has 0 saturated carbocycles. The molecule has 3 N–H and O–H groups in total. The van der Waals surface area contributed by atoms with Crippen LogP contribution in [-0.4, -0.2) is 34.9 Å². The molecule has 1 amide bonds. The van der Waals surface area contributed by atoms with Gasteiger partial charge in [0, 0.05) is 12.2 Å². The number of ether oxygens (including phenoxy) is 1. The average Bonchev–Trinajstić information content (AvgIpc) is 2.69. The van der Waals surface area contributed by atoms with E-state index >= 15 is 0 Å². The standard InChI is InChI=1S/C12H15NO4/c1-12(4-5-17-7-12)13-11(16)8-2-3-9(14)10(15)6-8/h2-3,6,14-15H,4-5,7H2,1H3,(H,13,16). The third kappa shape index (κ3) is 2.50. The van der Waals surface area contributed by atoms with Crippen molar-refractivity contribution in [2.75, 3.05) is 13.2 Å². The first kappa shape index (κ1) is 11.7. The molecule has 1 aromatic carbocycles. The van der Waals surface area contributed by atoms with Crippen LogP contribution in [0.2, 0.25) is 0 Å². The first-order chi connectivity index (χ1) is 8.00. The molecule has 5 nitrogen and oxygen atoms in total. The summed E-state index contributed by atoms with van der Waals surface area (Å²) in [5.41, 5.74) is -0.0432. The zero-order chi connectivity index (χ0) is 12.5. The van der Waals surface area contributed by atoms with Gasteiger partial charge >= 0.3 is 0 Å². The van der Waals surface area contributed by atoms with Gasteiger partial charge < -0.3 is 20.3 Å². The maximum atomic E-state index is 11.9. The van der Waals surface area contributed by atoms with Crippen LogP contribution < -0.4 is 5.32 Å². The minimum atomic E-state index is -0.357. The van der Waals surface area contributed by atoms with Gasteiger partial charge in [0.05, 0.1) is 12.1 Å². The first-order valence-electron chi connectivity index (χ1n) is 5.42. The Balaban J connectivity index is 2.11. The van der Waals surface area contributed by atoms with Crippen LogP contribution in [0.25, 0.3) is 0 Å². The second kappa shape index (κ2) is 4.25. The molecule has 1 heterocycles. The van der Waals surface area contributed by atoms with E-state index in [2.05, 4.69) is 5.32 Å². The number of aromatic hydroxyl groups is 2. The quantitative estimate of drug-likeness (QED) is 0.671. The molecule has 0 aliphatic carbocycles. The van der Waals surface area contributed by atoms with Crippen molar-refractivity contribution in [3.05, 3.63) is 23.8 Å². The number of benzene rings is 1. The highest BCUT2D eigenvalue weighted by atomic mass is 16.5. The summed E-state index contributed by atoms with van der Waals surface area (Å²) >= 11 is 0. The molecule has 1 atom stereocenters. The van der Waals surface area contributed by atoms with E-state index in [0.29, 0.717) is 18.8 Å². The Hall–Kier alpha value is -1.75. The van der Waals surface area contributed by atoms with Crippen LogP contribution in [0.1, 0.15) is 23.7 Å². The Morgan fingerprint density at radius 3 is 2.76 bits per heavy atom. The van der Waals surface area contributed by atoms with Crippen molar-refractivity contribution in [2.24, 2.45) is 0 Å². The molecule has 92 valence electrons. The maximum Gasteiger partial charge on any atom is 0.251 e. The van der Waals surface area contributed by atoms with E-state index in [1.165, 1.54) is 18.2 Å². The minimum absolute atomic E-state index is 0.239. The Labute approximate surface area is 99.0 Å². The third-order valence-electron chi connectivity index (χ3n) is 2.87. The summed E-state index contributed by atoms with van der Waals surface area (Å²) in [6, 6.07) is 3.99. The predicted octanol–water partition coefficient (Wildman–Crippen LogP) is 1.01. The van der Waals surface area contributed by atoms with Crippen molar-refractivity contribution in [3.8, 4) is 11.5 Å². The SMILES string of the molecule is CC1(NC(=O)c2ccc(O)c(O)c2)CCOC1. The van der Waals surface area contributed by atoms with Crippen LogP contribution in [0.3, 0.4) is 0 Å². The van der Waals surface area contributed by atoms with Gasteiger partial charge in [-0.2, -0.15) is 0 Å². The molecule has 2 rings (SSSR count). The normalized spacial score (nSPS) is 23.6. The van der Waals surface area contributed by atoms with E-state index in [4.69, 9.17) is 9.84 Å². The molecule has 1 aliphatic heterocycles. The Kier molecular flexibility index (Phi) is 2.93. The van der Waals surface area contributed by atoms with E-state index < -0.39 is 0 Å². The molecule has 1 saturated heterocycles. The van der Waals surface area contributed by atoms with Gasteiger partial charge in [-0.1, -0.05) is 0 Å². The highest BCUT2D eigenvalue weighted by molar-refractivity contribution is 5.95. The molecular weight excluding hydrogens is 222 g/mol. The summed E-state index contributed by atoms with van der Waals surface area (Å²) in [7, 11) is 0. The minimum Gasteiger partial charge on any atom is -0.504 e. The highest BCUT2D eigenvalue weighted by Crippen LogP contribution is 2.25. The summed E-state index contributed by atoms with van der Waals surface area (Å²) in [6.45, 7) is 3.04. The topological polar surface area (TPSA) is 78.8 Å². The van der Waals surface area contributed by atoms with Gasteiger partial charge in [-0.15, -0.1) is 0 Å². The van der Waals surface area contributed by atoms with Gasteiger partial charge in [-0.25, -0.2) is 0 Å². The van der Waals surface area contributed by atoms with Gasteiger partial charge in [-0.05, 0) is 31.5 Å². The van der Waals surface area contributed by atoms with Crippen LogP contribution >= 0.6 is 0 Å². The number of hydrogen-bond donors (Lipinski definition) is 3. The molecule has 0 bridgehead atoms. The molecule has 17 heavy (non-hydrogen) atoms. The number of phenols is 2. The fraction of sp³-hybridized carbons (Fsp3) is 0.417. The Morgan fingerprint density at radius 1 is 1.41 bits per heavy atom. The van der Waals surface area contributed by atoms with Crippen molar-refractivity contribution in [2.45, 2.75) is 18.9 Å². The number of carbonyl (C=O) groups excluding carboxylic acids is 1. The summed E-state index contributed by atoms with van der Waals surface area (Å²) in [5.74, 6) is -0.823. The van der Waals surface area contributed by atoms with E-state index in [9.17, 15) is 9.90 Å². The number of nitrogens with one attached hydrogen (secondary N) is 1. The lowest BCUT2D eigenvalue weighted by Crippen LogP contribution is -2.46. The number of hydrogen-bond acceptors (Lipinski definition) is 4. The molecule has 1 aromatic rings. The summed E-state index contributed by atoms with van der Waals surface area (Å²) in [5, 5.41) is 21.3. The van der Waals surface area contributed by atoms with Crippen molar-refractivity contribution >= 4 is 5.91 Å². The highest BCUT2D eigenvalue weighted by Gasteiger charge is 2.31. The number of amides is 1. The lowest BCUT2D eigenvalue weighted by molar-refractivity contribution is 0.0889. The molecule has 0 aromatic heterocycles. The van der Waals surface area contributed by atoms with Crippen molar-refractivity contribution < 1.29 is 19.7 Å². The van der Waals surface area contributed by atoms with Crippen molar-refractivity contribution in [1.29, 1.82) is 0 Å². The molecular formula is C12H15NO4. The van der Waals surface area contributed by atoms with E-state index in [0.717, 1.165) is 6.42 Å². The van der Waals surface area contributed by atoms with Gasteiger partial charge in [0.25, 0.3) is 5.91 Å². The van der Waals surface area contributed by atoms with Gasteiger partial charge in [0.1, 0.15) is 0 Å². The lowest BCUT2D eigenvalue weighted by Gasteiger charge is -2.23. The van der Waals surface area contributed by atoms with Crippen molar-refractivity contribution in [3.63, 3.8) is 0 Å². The second-order valence-corrected chi connectivity index (χ2v) is 4.52. The zero-order valence-corrected chi connectivity index (χ0v) is 9.56. The van der Waals surface area contributed by atoms with Crippen LogP contribution in [0.5, 0.6) is 11.5 Å². The number of carbonyl (C=O) groups is 1. The lowest BCUT2D eigenvalue weighted by atomic mass is 10.0. The molecule has 0 radical (unpaired) electrons. The molecule has 1 unspecified atom stereocenters. The monoisotopic (exact) mass is 237 g/mol. The van der Waals surface area contributed by atoms with Crippen LogP contribution in [-0.2, 0) is 4.74 Å². The van der Waals surface area contributed by atoms with Gasteiger partial charge in [-0.3, -0.25) is 4.79 Å². The van der Waals surface area contributed by atoms with E-state index in [1.54, 1.807) is 0 Å². The molecule has 5 heteroatoms. The van der Waals surface area contributed by atoms with E-state index in [1.807, 2.05) is 6.92 Å². The van der Waals surface area contributed by atoms with Crippen LogP contribution in [0.15, 0.2) is 18.2 Å². The van der Waals surface area contributed by atoms with E-state index in [-0.39, 0.29) is 22.9 Å². The fourth-order valence-electron chi connectivity index (χ4n) is 1.78. The maximum absolute atomic E-state index is 11.9. The summed E-state index contributed by atoms with van der Waals surface area (Å²) in [4.78, 5) is 11.9. The molecule has 0 spiro atoms. The molecule has 1 fully saturated rings. The zero-order valence-electron chi connectivity index (χ0n) is 9.56. The number of phenolic OH excluding ortho intramolecular Hbond substituents is 2. The smallest absolute Gasteiger partial charge is 0.251 e. The number of rotatable bonds is 2. The summed E-state index contributed by atoms with van der Waals surface area (Å²) < 4.78 is 5.24. The van der Waals surface area contributed by atoms with Gasteiger partial charge in [0.15, 0.2) is 11.5 Å². The largest absolute Gasteiger partial charge is 0.504 e. The third-order valence-corrected chi connectivity index (χ3v) is 2.87. The van der Waals surface area contributed by atoms with Crippen LogP contribution in [0, 0.1) is 0 Å².